The van der Waals surface area contributed by atoms with Crippen LogP contribution in [0.25, 0.3) is 16.7 Å². The van der Waals surface area contributed by atoms with Crippen LogP contribution in [0.4, 0.5) is 5.82 Å². The summed E-state index contributed by atoms with van der Waals surface area (Å²) in [5.41, 5.74) is 4.13. The van der Waals surface area contributed by atoms with Gasteiger partial charge in [0, 0.05) is 6.54 Å². The number of ether oxygens (including phenoxy) is 1. The van der Waals surface area contributed by atoms with E-state index in [0.717, 1.165) is 34.7 Å². The topological polar surface area (TPSA) is 66.7 Å². The number of hydrogen-bond donors (Lipinski definition) is 0. The van der Waals surface area contributed by atoms with E-state index in [-0.39, 0.29) is 6.10 Å². The monoisotopic (exact) mass is 358 g/mol. The van der Waals surface area contributed by atoms with Gasteiger partial charge in [-0.05, 0) is 42.8 Å². The molecule has 0 aliphatic carbocycles. The van der Waals surface area contributed by atoms with Crippen molar-refractivity contribution in [2.24, 2.45) is 0 Å². The molecule has 0 N–H and O–H groups in total. The van der Waals surface area contributed by atoms with Crippen LogP contribution < -0.4 is 4.90 Å². The molecule has 0 bridgehead atoms. The maximum absolute atomic E-state index is 9.66. The number of para-hydroxylation sites is 2. The molecular formula is C21H18N4O2. The van der Waals surface area contributed by atoms with Gasteiger partial charge in [0.15, 0.2) is 5.65 Å². The number of pyridine rings is 1. The summed E-state index contributed by atoms with van der Waals surface area (Å²) >= 11 is 0. The minimum atomic E-state index is -0.116. The molecule has 4 heterocycles. The van der Waals surface area contributed by atoms with Crippen molar-refractivity contribution in [1.29, 1.82) is 5.26 Å². The quantitative estimate of drug-likeness (QED) is 0.545. The molecular weight excluding hydrogens is 340 g/mol. The second-order valence-corrected chi connectivity index (χ2v) is 6.75. The number of anilines is 1. The Bertz CT molecular complexity index is 1170. The second-order valence-electron chi connectivity index (χ2n) is 6.75. The normalized spacial score (nSPS) is 17.5. The van der Waals surface area contributed by atoms with Gasteiger partial charge in [-0.3, -0.25) is 4.40 Å². The van der Waals surface area contributed by atoms with E-state index in [1.807, 2.05) is 43.3 Å². The van der Waals surface area contributed by atoms with E-state index in [4.69, 9.17) is 14.1 Å². The van der Waals surface area contributed by atoms with Crippen LogP contribution in [0.15, 0.2) is 53.1 Å². The average molecular weight is 358 g/mol. The molecule has 1 unspecified atom stereocenters. The number of rotatable bonds is 2. The summed E-state index contributed by atoms with van der Waals surface area (Å²) in [6.45, 7) is 4.02. The summed E-state index contributed by atoms with van der Waals surface area (Å²) in [6.07, 6.45) is 1.56. The van der Waals surface area contributed by atoms with Crippen LogP contribution in [-0.4, -0.2) is 29.1 Å². The maximum Gasteiger partial charge on any atom is 0.157 e. The highest BCUT2D eigenvalue weighted by Gasteiger charge is 2.27. The SMILES string of the molecule is Cc1cc(N2CCOC(c3ccco3)C2)n2c(nc3ccccc32)c1C#N. The number of fused-ring (bicyclic) bond motifs is 3. The summed E-state index contributed by atoms with van der Waals surface area (Å²) in [5.74, 6) is 1.85. The molecule has 6 heteroatoms. The van der Waals surface area contributed by atoms with Crippen molar-refractivity contribution in [3.8, 4) is 6.07 Å². The van der Waals surface area contributed by atoms with E-state index in [9.17, 15) is 5.26 Å². The number of morpholine rings is 1. The van der Waals surface area contributed by atoms with E-state index in [0.29, 0.717) is 24.4 Å². The van der Waals surface area contributed by atoms with Gasteiger partial charge < -0.3 is 14.1 Å². The number of nitrogens with zero attached hydrogens (tertiary/aromatic N) is 4. The number of hydrogen-bond acceptors (Lipinski definition) is 5. The fourth-order valence-corrected chi connectivity index (χ4v) is 3.81. The smallest absolute Gasteiger partial charge is 0.157 e. The number of furan rings is 1. The van der Waals surface area contributed by atoms with Gasteiger partial charge in [-0.15, -0.1) is 0 Å². The van der Waals surface area contributed by atoms with Crippen LogP contribution in [-0.2, 0) is 4.74 Å². The summed E-state index contributed by atoms with van der Waals surface area (Å²) in [5, 5.41) is 9.66. The van der Waals surface area contributed by atoms with Crippen LogP contribution in [0.5, 0.6) is 0 Å². The molecule has 0 amide bonds. The van der Waals surface area contributed by atoms with Crippen molar-refractivity contribution in [3.05, 3.63) is 65.6 Å². The zero-order chi connectivity index (χ0) is 18.4. The molecule has 6 nitrogen and oxygen atoms in total. The number of imidazole rings is 1. The highest BCUT2D eigenvalue weighted by Crippen LogP contribution is 2.32. The molecule has 5 rings (SSSR count). The first-order valence-corrected chi connectivity index (χ1v) is 8.97. The molecule has 134 valence electrons. The maximum atomic E-state index is 9.66. The molecule has 3 aromatic heterocycles. The Balaban J connectivity index is 1.70. The van der Waals surface area contributed by atoms with Crippen molar-refractivity contribution in [1.82, 2.24) is 9.38 Å². The van der Waals surface area contributed by atoms with Crippen LogP contribution >= 0.6 is 0 Å². The van der Waals surface area contributed by atoms with E-state index in [2.05, 4.69) is 21.4 Å². The lowest BCUT2D eigenvalue weighted by Crippen LogP contribution is -2.39. The molecule has 1 atom stereocenters. The highest BCUT2D eigenvalue weighted by atomic mass is 16.5. The third-order valence-electron chi connectivity index (χ3n) is 5.12. The van der Waals surface area contributed by atoms with Gasteiger partial charge in [-0.1, -0.05) is 12.1 Å². The standard InChI is InChI=1S/C21H18N4O2/c1-14-11-20(24-8-10-27-19(13-24)18-7-4-9-26-18)25-17-6-3-2-5-16(17)23-21(25)15(14)12-22/h2-7,9,11,19H,8,10,13H2,1H3. The molecule has 27 heavy (non-hydrogen) atoms. The molecule has 1 saturated heterocycles. The number of aryl methyl sites for hydroxylation is 1. The number of benzene rings is 1. The average Bonchev–Trinajstić information content (AvgIpc) is 3.35. The Kier molecular flexibility index (Phi) is 3.62. The van der Waals surface area contributed by atoms with Crippen molar-refractivity contribution in [2.45, 2.75) is 13.0 Å². The van der Waals surface area contributed by atoms with Crippen LogP contribution in [0.3, 0.4) is 0 Å². The fourth-order valence-electron chi connectivity index (χ4n) is 3.81. The van der Waals surface area contributed by atoms with Gasteiger partial charge in [0.2, 0.25) is 0 Å². The van der Waals surface area contributed by atoms with E-state index in [1.54, 1.807) is 6.26 Å². The van der Waals surface area contributed by atoms with E-state index >= 15 is 0 Å². The lowest BCUT2D eigenvalue weighted by molar-refractivity contribution is 0.0254. The Morgan fingerprint density at radius 2 is 2.11 bits per heavy atom. The summed E-state index contributed by atoms with van der Waals surface area (Å²) < 4.78 is 13.6. The molecule has 4 aromatic rings. The first-order valence-electron chi connectivity index (χ1n) is 8.97. The third-order valence-corrected chi connectivity index (χ3v) is 5.12. The van der Waals surface area contributed by atoms with Crippen LogP contribution in [0.1, 0.15) is 23.0 Å². The molecule has 0 spiro atoms. The minimum absolute atomic E-state index is 0.116. The van der Waals surface area contributed by atoms with Crippen molar-refractivity contribution in [3.63, 3.8) is 0 Å². The molecule has 1 aliphatic heterocycles. The summed E-state index contributed by atoms with van der Waals surface area (Å²) in [7, 11) is 0. The zero-order valence-electron chi connectivity index (χ0n) is 14.9. The molecule has 0 radical (unpaired) electrons. The van der Waals surface area contributed by atoms with E-state index in [1.165, 1.54) is 0 Å². The first kappa shape index (κ1) is 15.9. The highest BCUT2D eigenvalue weighted by molar-refractivity contribution is 5.85. The third kappa shape index (κ3) is 2.47. The Hall–Kier alpha value is -3.30. The lowest BCUT2D eigenvalue weighted by Gasteiger charge is -2.34. The van der Waals surface area contributed by atoms with E-state index < -0.39 is 0 Å². The summed E-state index contributed by atoms with van der Waals surface area (Å²) in [4.78, 5) is 7.02. The Labute approximate surface area is 156 Å². The van der Waals surface area contributed by atoms with Gasteiger partial charge >= 0.3 is 0 Å². The predicted octanol–water partition coefficient (Wildman–Crippen LogP) is 3.84. The summed E-state index contributed by atoms with van der Waals surface area (Å²) in [6, 6.07) is 16.2. The molecule has 0 saturated carbocycles. The van der Waals surface area contributed by atoms with Crippen molar-refractivity contribution < 1.29 is 9.15 Å². The van der Waals surface area contributed by atoms with Crippen molar-refractivity contribution in [2.75, 3.05) is 24.6 Å². The number of nitriles is 1. The Morgan fingerprint density at radius 1 is 1.22 bits per heavy atom. The van der Waals surface area contributed by atoms with Crippen LogP contribution in [0.2, 0.25) is 0 Å². The molecule has 1 aromatic carbocycles. The molecule has 1 aliphatic rings. The largest absolute Gasteiger partial charge is 0.467 e. The number of aromatic nitrogens is 2. The van der Waals surface area contributed by atoms with Gasteiger partial charge in [0.1, 0.15) is 23.8 Å². The predicted molar refractivity (Wildman–Crippen MR) is 102 cm³/mol. The first-order chi connectivity index (χ1) is 13.3. The second kappa shape index (κ2) is 6.15. The lowest BCUT2D eigenvalue weighted by atomic mass is 10.1. The van der Waals surface area contributed by atoms with Crippen molar-refractivity contribution >= 4 is 22.5 Å². The zero-order valence-corrected chi connectivity index (χ0v) is 14.9. The van der Waals surface area contributed by atoms with Gasteiger partial charge in [0.05, 0.1) is 36.0 Å². The van der Waals surface area contributed by atoms with Crippen LogP contribution in [0, 0.1) is 18.3 Å². The van der Waals surface area contributed by atoms with Gasteiger partial charge in [-0.2, -0.15) is 5.26 Å². The minimum Gasteiger partial charge on any atom is -0.467 e. The Morgan fingerprint density at radius 3 is 2.93 bits per heavy atom. The van der Waals surface area contributed by atoms with Gasteiger partial charge in [0.25, 0.3) is 0 Å². The molecule has 1 fully saturated rings. The van der Waals surface area contributed by atoms with Gasteiger partial charge in [-0.25, -0.2) is 4.98 Å². The fraction of sp³-hybridized carbons (Fsp3) is 0.238.